The standard InChI is InChI=1S/C17H21ClN4O3S3/c1-2-21-9-7-11-13(10-21)26-17(19-11)20-16(23)12-4-3-8-22(12)28(24,25)15-6-5-14(18)27-15/h5-6,12H,2-4,7-10H2,1H3,(H,19,20,23)/t12-/m1/s1. The third-order valence-corrected chi connectivity index (χ3v) is 9.71. The Balaban J connectivity index is 1.50. The molecule has 0 radical (unpaired) electrons. The lowest BCUT2D eigenvalue weighted by Crippen LogP contribution is -2.42. The molecule has 2 aromatic heterocycles. The zero-order valence-corrected chi connectivity index (χ0v) is 18.6. The summed E-state index contributed by atoms with van der Waals surface area (Å²) in [6.07, 6.45) is 2.02. The fourth-order valence-corrected chi connectivity index (χ4v) is 7.92. The highest BCUT2D eigenvalue weighted by atomic mass is 35.5. The van der Waals surface area contributed by atoms with Crippen molar-refractivity contribution in [3.05, 3.63) is 27.0 Å². The maximum Gasteiger partial charge on any atom is 0.253 e. The number of aromatic nitrogens is 1. The van der Waals surface area contributed by atoms with Gasteiger partial charge in [0, 0.05) is 30.9 Å². The minimum Gasteiger partial charge on any atom is -0.301 e. The minimum absolute atomic E-state index is 0.168. The van der Waals surface area contributed by atoms with Gasteiger partial charge in [0.25, 0.3) is 10.0 Å². The second kappa shape index (κ2) is 8.00. The van der Waals surface area contributed by atoms with E-state index in [1.54, 1.807) is 6.07 Å². The van der Waals surface area contributed by atoms with Crippen molar-refractivity contribution < 1.29 is 13.2 Å². The molecule has 0 bridgehead atoms. The lowest BCUT2D eigenvalue weighted by atomic mass is 10.2. The Morgan fingerprint density at radius 3 is 2.89 bits per heavy atom. The summed E-state index contributed by atoms with van der Waals surface area (Å²) in [7, 11) is -3.73. The number of hydrogen-bond donors (Lipinski definition) is 1. The molecule has 2 aliphatic rings. The van der Waals surface area contributed by atoms with Crippen molar-refractivity contribution in [3.8, 4) is 0 Å². The van der Waals surface area contributed by atoms with Crippen molar-refractivity contribution in [3.63, 3.8) is 0 Å². The molecule has 1 atom stereocenters. The van der Waals surface area contributed by atoms with Crippen molar-refractivity contribution in [1.82, 2.24) is 14.2 Å². The van der Waals surface area contributed by atoms with Gasteiger partial charge in [-0.15, -0.1) is 22.7 Å². The smallest absolute Gasteiger partial charge is 0.253 e. The van der Waals surface area contributed by atoms with Crippen LogP contribution in [0.4, 0.5) is 5.13 Å². The third kappa shape index (κ3) is 3.86. The normalized spacial score (nSPS) is 21.0. The fourth-order valence-electron chi connectivity index (χ4n) is 3.60. The summed E-state index contributed by atoms with van der Waals surface area (Å²) < 4.78 is 27.7. The maximum atomic E-state index is 12.9. The number of carbonyl (C=O) groups is 1. The van der Waals surface area contributed by atoms with Gasteiger partial charge in [-0.2, -0.15) is 4.31 Å². The Kier molecular flexibility index (Phi) is 5.78. The molecular formula is C17H21ClN4O3S3. The largest absolute Gasteiger partial charge is 0.301 e. The Morgan fingerprint density at radius 2 is 2.18 bits per heavy atom. The first-order valence-corrected chi connectivity index (χ1v) is 12.6. The van der Waals surface area contributed by atoms with Crippen LogP contribution in [-0.2, 0) is 27.8 Å². The Morgan fingerprint density at radius 1 is 1.36 bits per heavy atom. The molecule has 152 valence electrons. The van der Waals surface area contributed by atoms with Crippen molar-refractivity contribution in [2.75, 3.05) is 25.0 Å². The zero-order valence-electron chi connectivity index (χ0n) is 15.4. The molecule has 1 saturated heterocycles. The highest BCUT2D eigenvalue weighted by Gasteiger charge is 2.40. The summed E-state index contributed by atoms with van der Waals surface area (Å²) >= 11 is 8.39. The van der Waals surface area contributed by atoms with Crippen LogP contribution in [0.3, 0.4) is 0 Å². The molecule has 0 unspecified atom stereocenters. The van der Waals surface area contributed by atoms with E-state index in [4.69, 9.17) is 11.6 Å². The van der Waals surface area contributed by atoms with Gasteiger partial charge in [-0.3, -0.25) is 9.69 Å². The minimum atomic E-state index is -3.73. The van der Waals surface area contributed by atoms with E-state index in [1.807, 2.05) is 0 Å². The van der Waals surface area contributed by atoms with E-state index in [0.717, 1.165) is 43.1 Å². The Bertz CT molecular complexity index is 988. The monoisotopic (exact) mass is 460 g/mol. The number of hydrogen-bond acceptors (Lipinski definition) is 7. The topological polar surface area (TPSA) is 82.6 Å². The van der Waals surface area contributed by atoms with Crippen LogP contribution in [0.1, 0.15) is 30.3 Å². The van der Waals surface area contributed by atoms with Crippen LogP contribution in [-0.4, -0.2) is 54.2 Å². The molecule has 4 heterocycles. The van der Waals surface area contributed by atoms with E-state index in [0.29, 0.717) is 28.9 Å². The number of fused-ring (bicyclic) bond motifs is 1. The number of nitrogens with one attached hydrogen (secondary N) is 1. The first kappa shape index (κ1) is 20.2. The van der Waals surface area contributed by atoms with Gasteiger partial charge in [0.15, 0.2) is 5.13 Å². The van der Waals surface area contributed by atoms with E-state index in [1.165, 1.54) is 26.6 Å². The first-order chi connectivity index (χ1) is 13.4. The number of rotatable bonds is 5. The van der Waals surface area contributed by atoms with Crippen LogP contribution in [0.25, 0.3) is 0 Å². The molecular weight excluding hydrogens is 440 g/mol. The van der Waals surface area contributed by atoms with Crippen molar-refractivity contribution in [2.24, 2.45) is 0 Å². The summed E-state index contributed by atoms with van der Waals surface area (Å²) in [4.78, 5) is 20.9. The summed E-state index contributed by atoms with van der Waals surface area (Å²) in [6, 6.07) is 2.33. The second-order valence-corrected chi connectivity index (χ2v) is 11.7. The van der Waals surface area contributed by atoms with Gasteiger partial charge in [-0.25, -0.2) is 13.4 Å². The summed E-state index contributed by atoms with van der Waals surface area (Å²) in [5, 5.41) is 3.41. The van der Waals surface area contributed by atoms with Gasteiger partial charge in [0.2, 0.25) is 5.91 Å². The van der Waals surface area contributed by atoms with Gasteiger partial charge in [-0.05, 0) is 31.5 Å². The lowest BCUT2D eigenvalue weighted by molar-refractivity contribution is -0.119. The highest BCUT2D eigenvalue weighted by Crippen LogP contribution is 2.33. The number of anilines is 1. The van der Waals surface area contributed by atoms with Crippen LogP contribution < -0.4 is 5.32 Å². The molecule has 0 aliphatic carbocycles. The molecule has 7 nitrogen and oxygen atoms in total. The van der Waals surface area contributed by atoms with E-state index in [2.05, 4.69) is 22.1 Å². The van der Waals surface area contributed by atoms with Crippen LogP contribution >= 0.6 is 34.3 Å². The van der Waals surface area contributed by atoms with Gasteiger partial charge < -0.3 is 5.32 Å². The van der Waals surface area contributed by atoms with Crippen LogP contribution in [0.2, 0.25) is 4.34 Å². The molecule has 11 heteroatoms. The molecule has 28 heavy (non-hydrogen) atoms. The number of nitrogens with zero attached hydrogens (tertiary/aromatic N) is 3. The summed E-state index contributed by atoms with van der Waals surface area (Å²) in [6.45, 7) is 5.27. The van der Waals surface area contributed by atoms with E-state index in [9.17, 15) is 13.2 Å². The molecule has 4 rings (SSSR count). The number of halogens is 1. The number of likely N-dealkylation sites (N-methyl/N-ethyl adjacent to an activating group) is 1. The van der Waals surface area contributed by atoms with Crippen molar-refractivity contribution in [2.45, 2.75) is 43.0 Å². The Labute approximate surface area is 177 Å². The second-order valence-electron chi connectivity index (χ2n) is 6.83. The molecule has 0 aromatic carbocycles. The van der Waals surface area contributed by atoms with E-state index in [-0.39, 0.29) is 10.1 Å². The average molecular weight is 461 g/mol. The number of sulfonamides is 1. The van der Waals surface area contributed by atoms with Gasteiger partial charge >= 0.3 is 0 Å². The van der Waals surface area contributed by atoms with Crippen LogP contribution in [0.5, 0.6) is 0 Å². The number of thiazole rings is 1. The van der Waals surface area contributed by atoms with Crippen LogP contribution in [0, 0.1) is 0 Å². The molecule has 1 fully saturated rings. The summed E-state index contributed by atoms with van der Waals surface area (Å²) in [5.74, 6) is -0.317. The summed E-state index contributed by atoms with van der Waals surface area (Å²) in [5.41, 5.74) is 1.04. The first-order valence-electron chi connectivity index (χ1n) is 9.17. The fraction of sp³-hybridized carbons (Fsp3) is 0.529. The molecule has 2 aliphatic heterocycles. The van der Waals surface area contributed by atoms with E-state index >= 15 is 0 Å². The molecule has 0 saturated carbocycles. The quantitative estimate of drug-likeness (QED) is 0.741. The molecule has 2 aromatic rings. The third-order valence-electron chi connectivity index (χ3n) is 5.11. The highest BCUT2D eigenvalue weighted by molar-refractivity contribution is 7.91. The van der Waals surface area contributed by atoms with Gasteiger partial charge in [-0.1, -0.05) is 18.5 Å². The number of thiophene rings is 1. The van der Waals surface area contributed by atoms with Gasteiger partial charge in [0.1, 0.15) is 10.3 Å². The number of amides is 1. The zero-order chi connectivity index (χ0) is 19.9. The van der Waals surface area contributed by atoms with Crippen LogP contribution in [0.15, 0.2) is 16.3 Å². The van der Waals surface area contributed by atoms with Crippen molar-refractivity contribution >= 4 is 55.3 Å². The lowest BCUT2D eigenvalue weighted by Gasteiger charge is -2.23. The van der Waals surface area contributed by atoms with Gasteiger partial charge in [0.05, 0.1) is 10.0 Å². The average Bonchev–Trinajstić information content (AvgIpc) is 3.39. The predicted octanol–water partition coefficient (Wildman–Crippen LogP) is 3.03. The number of carbonyl (C=O) groups excluding carboxylic acids is 1. The maximum absolute atomic E-state index is 12.9. The van der Waals surface area contributed by atoms with Crippen molar-refractivity contribution in [1.29, 1.82) is 0 Å². The molecule has 1 amide bonds. The SMILES string of the molecule is CCN1CCc2nc(NC(=O)[C@H]3CCCN3S(=O)(=O)c3ccc(Cl)s3)sc2C1. The molecule has 1 N–H and O–H groups in total. The van der Waals surface area contributed by atoms with E-state index < -0.39 is 16.1 Å². The predicted molar refractivity (Wildman–Crippen MR) is 112 cm³/mol. The Hall–Kier alpha value is -1.04. The molecule has 0 spiro atoms.